The predicted octanol–water partition coefficient (Wildman–Crippen LogP) is 1.46. The Bertz CT molecular complexity index is 435. The van der Waals surface area contributed by atoms with Crippen molar-refractivity contribution in [3.8, 4) is 0 Å². The third-order valence-corrected chi connectivity index (χ3v) is 2.50. The van der Waals surface area contributed by atoms with Crippen LogP contribution in [0.2, 0.25) is 0 Å². The quantitative estimate of drug-likeness (QED) is 0.786. The zero-order valence-corrected chi connectivity index (χ0v) is 12.2. The molecule has 6 heteroatoms. The molecule has 1 heterocycles. The fourth-order valence-corrected chi connectivity index (χ4v) is 1.49. The summed E-state index contributed by atoms with van der Waals surface area (Å²) in [5.41, 5.74) is 0. The van der Waals surface area contributed by atoms with Gasteiger partial charge in [0.25, 0.3) is 0 Å². The molecule has 0 unspecified atom stereocenters. The van der Waals surface area contributed by atoms with Crippen LogP contribution in [0, 0.1) is 12.8 Å². The van der Waals surface area contributed by atoms with Crippen LogP contribution in [0.5, 0.6) is 0 Å². The fraction of sp³-hybridized carbons (Fsp3) is 0.615. The molecule has 0 fully saturated rings. The van der Waals surface area contributed by atoms with E-state index < -0.39 is 0 Å². The maximum atomic E-state index is 11.3. The molecule has 0 saturated heterocycles. The number of carbonyl (C=O) groups excluding carboxylic acids is 1. The Morgan fingerprint density at radius 2 is 2.16 bits per heavy atom. The van der Waals surface area contributed by atoms with E-state index in [0.717, 1.165) is 12.4 Å². The van der Waals surface area contributed by atoms with Gasteiger partial charge in [-0.05, 0) is 12.8 Å². The van der Waals surface area contributed by atoms with Gasteiger partial charge in [0.15, 0.2) is 0 Å². The highest BCUT2D eigenvalue weighted by atomic mass is 16.5. The smallest absolute Gasteiger partial charge is 0.325 e. The second-order valence-corrected chi connectivity index (χ2v) is 4.87. The maximum absolute atomic E-state index is 11.3. The molecular weight excluding hydrogens is 244 g/mol. The molecule has 0 amide bonds. The first-order chi connectivity index (χ1) is 8.92. The topological polar surface area (TPSA) is 67.3 Å². The normalized spacial score (nSPS) is 10.4. The van der Waals surface area contributed by atoms with Gasteiger partial charge < -0.3 is 15.0 Å². The van der Waals surface area contributed by atoms with Crippen molar-refractivity contribution >= 4 is 17.6 Å². The van der Waals surface area contributed by atoms with Crippen molar-refractivity contribution in [3.63, 3.8) is 0 Å². The van der Waals surface area contributed by atoms with Crippen LogP contribution in [0.1, 0.15) is 19.7 Å². The SMILES string of the molecule is COC(=O)CN(C)c1cc(NCC(C)C)nc(C)n1. The number of methoxy groups -OCH3 is 1. The summed E-state index contributed by atoms with van der Waals surface area (Å²) in [6.45, 7) is 7.10. The lowest BCUT2D eigenvalue weighted by Gasteiger charge is -2.18. The number of hydrogen-bond donors (Lipinski definition) is 1. The van der Waals surface area contributed by atoms with Crippen LogP contribution in [-0.2, 0) is 9.53 Å². The van der Waals surface area contributed by atoms with Crippen LogP contribution in [-0.4, -0.2) is 43.2 Å². The zero-order valence-electron chi connectivity index (χ0n) is 12.2. The van der Waals surface area contributed by atoms with E-state index in [1.165, 1.54) is 7.11 Å². The van der Waals surface area contributed by atoms with Crippen LogP contribution in [0.4, 0.5) is 11.6 Å². The summed E-state index contributed by atoms with van der Waals surface area (Å²) >= 11 is 0. The standard InChI is InChI=1S/C13H22N4O2/c1-9(2)7-14-11-6-12(16-10(3)15-11)17(4)8-13(18)19-5/h6,9H,7-8H2,1-5H3,(H,14,15,16). The lowest BCUT2D eigenvalue weighted by molar-refractivity contribution is -0.138. The number of carbonyl (C=O) groups is 1. The van der Waals surface area contributed by atoms with Gasteiger partial charge in [-0.15, -0.1) is 0 Å². The lowest BCUT2D eigenvalue weighted by Crippen LogP contribution is -2.27. The minimum Gasteiger partial charge on any atom is -0.468 e. The first-order valence-electron chi connectivity index (χ1n) is 6.30. The fourth-order valence-electron chi connectivity index (χ4n) is 1.49. The highest BCUT2D eigenvalue weighted by Crippen LogP contribution is 2.15. The molecule has 106 valence electrons. The second kappa shape index (κ2) is 6.92. The van der Waals surface area contributed by atoms with E-state index in [1.54, 1.807) is 11.9 Å². The van der Waals surface area contributed by atoms with Crippen LogP contribution >= 0.6 is 0 Å². The summed E-state index contributed by atoms with van der Waals surface area (Å²) in [5.74, 6) is 2.37. The summed E-state index contributed by atoms with van der Waals surface area (Å²) in [7, 11) is 3.17. The summed E-state index contributed by atoms with van der Waals surface area (Å²) in [6.07, 6.45) is 0. The van der Waals surface area contributed by atoms with Gasteiger partial charge >= 0.3 is 5.97 Å². The number of rotatable bonds is 6. The highest BCUT2D eigenvalue weighted by Gasteiger charge is 2.10. The van der Waals surface area contributed by atoms with Crippen LogP contribution in [0.25, 0.3) is 0 Å². The Hall–Kier alpha value is -1.85. The van der Waals surface area contributed by atoms with Crippen molar-refractivity contribution in [3.05, 3.63) is 11.9 Å². The Kier molecular flexibility index (Phi) is 5.54. The van der Waals surface area contributed by atoms with Crippen molar-refractivity contribution in [1.29, 1.82) is 0 Å². The average molecular weight is 266 g/mol. The highest BCUT2D eigenvalue weighted by molar-refractivity contribution is 5.75. The number of aryl methyl sites for hydroxylation is 1. The molecule has 0 atom stereocenters. The van der Waals surface area contributed by atoms with Crippen molar-refractivity contribution in [2.45, 2.75) is 20.8 Å². The maximum Gasteiger partial charge on any atom is 0.325 e. The molecular formula is C13H22N4O2. The van der Waals surface area contributed by atoms with Gasteiger partial charge in [0.2, 0.25) is 0 Å². The van der Waals surface area contributed by atoms with Gasteiger partial charge in [0.05, 0.1) is 7.11 Å². The second-order valence-electron chi connectivity index (χ2n) is 4.87. The van der Waals surface area contributed by atoms with Crippen LogP contribution < -0.4 is 10.2 Å². The molecule has 0 aliphatic heterocycles. The van der Waals surface area contributed by atoms with Gasteiger partial charge in [0, 0.05) is 19.7 Å². The molecule has 1 aromatic heterocycles. The predicted molar refractivity (Wildman–Crippen MR) is 75.4 cm³/mol. The molecule has 0 spiro atoms. The monoisotopic (exact) mass is 266 g/mol. The van der Waals surface area contributed by atoms with E-state index in [1.807, 2.05) is 13.0 Å². The third-order valence-electron chi connectivity index (χ3n) is 2.50. The molecule has 0 aromatic carbocycles. The largest absolute Gasteiger partial charge is 0.468 e. The van der Waals surface area contributed by atoms with E-state index in [-0.39, 0.29) is 12.5 Å². The molecule has 19 heavy (non-hydrogen) atoms. The van der Waals surface area contributed by atoms with Crippen molar-refractivity contribution < 1.29 is 9.53 Å². The summed E-state index contributed by atoms with van der Waals surface area (Å²) in [6, 6.07) is 1.83. The van der Waals surface area contributed by atoms with E-state index in [4.69, 9.17) is 0 Å². The zero-order chi connectivity index (χ0) is 14.4. The van der Waals surface area contributed by atoms with Crippen molar-refractivity contribution in [1.82, 2.24) is 9.97 Å². The van der Waals surface area contributed by atoms with Gasteiger partial charge in [-0.1, -0.05) is 13.8 Å². The van der Waals surface area contributed by atoms with Crippen molar-refractivity contribution in [2.75, 3.05) is 37.5 Å². The molecule has 0 aliphatic rings. The van der Waals surface area contributed by atoms with Gasteiger partial charge in [-0.25, -0.2) is 9.97 Å². The molecule has 0 aliphatic carbocycles. The van der Waals surface area contributed by atoms with E-state index >= 15 is 0 Å². The molecule has 0 saturated carbocycles. The Morgan fingerprint density at radius 3 is 2.74 bits per heavy atom. The summed E-state index contributed by atoms with van der Waals surface area (Å²) in [5, 5.41) is 3.25. The molecule has 1 aromatic rings. The number of hydrogen-bond acceptors (Lipinski definition) is 6. The summed E-state index contributed by atoms with van der Waals surface area (Å²) in [4.78, 5) is 21.6. The van der Waals surface area contributed by atoms with Gasteiger partial charge in [-0.3, -0.25) is 4.79 Å². The van der Waals surface area contributed by atoms with Gasteiger partial charge in [0.1, 0.15) is 24.0 Å². The Morgan fingerprint density at radius 1 is 1.47 bits per heavy atom. The van der Waals surface area contributed by atoms with E-state index in [9.17, 15) is 4.79 Å². The minimum atomic E-state index is -0.296. The molecule has 0 radical (unpaired) electrons. The lowest BCUT2D eigenvalue weighted by atomic mass is 10.2. The molecule has 6 nitrogen and oxygen atoms in total. The van der Waals surface area contributed by atoms with E-state index in [2.05, 4.69) is 33.9 Å². The molecule has 1 rings (SSSR count). The number of esters is 1. The van der Waals surface area contributed by atoms with Crippen molar-refractivity contribution in [2.24, 2.45) is 5.92 Å². The van der Waals surface area contributed by atoms with E-state index in [0.29, 0.717) is 17.6 Å². The molecule has 0 bridgehead atoms. The first-order valence-corrected chi connectivity index (χ1v) is 6.30. The number of nitrogens with one attached hydrogen (secondary N) is 1. The molecule has 1 N–H and O–H groups in total. The Balaban J connectivity index is 2.80. The Labute approximate surface area is 114 Å². The van der Waals surface area contributed by atoms with Crippen LogP contribution in [0.15, 0.2) is 6.07 Å². The number of nitrogens with zero attached hydrogens (tertiary/aromatic N) is 3. The third kappa shape index (κ3) is 5.11. The average Bonchev–Trinajstić information content (AvgIpc) is 2.35. The van der Waals surface area contributed by atoms with Gasteiger partial charge in [-0.2, -0.15) is 0 Å². The first kappa shape index (κ1) is 15.2. The minimum absolute atomic E-state index is 0.163. The number of ether oxygens (including phenoxy) is 1. The number of likely N-dealkylation sites (N-methyl/N-ethyl adjacent to an activating group) is 1. The van der Waals surface area contributed by atoms with Crippen LogP contribution in [0.3, 0.4) is 0 Å². The number of aromatic nitrogens is 2. The number of anilines is 2. The summed E-state index contributed by atoms with van der Waals surface area (Å²) < 4.78 is 4.64.